The lowest BCUT2D eigenvalue weighted by Crippen LogP contribution is -2.40. The molecular weight excluding hydrogens is 282 g/mol. The standard InChI is InChI=1S/C17H23NO4/c1-11(2)14-8-10-22-15(14)16(19)18-9-7-12-3-5-13(6-4-12)17(20)21/h3-6,11,14-15H,7-10H2,1-2H3,(H,18,19)(H,20,21)/t14-,15-/m0/s1. The Morgan fingerprint density at radius 1 is 1.32 bits per heavy atom. The molecule has 2 N–H and O–H groups in total. The van der Waals surface area contributed by atoms with Gasteiger partial charge in [-0.05, 0) is 42.4 Å². The quantitative estimate of drug-likeness (QED) is 0.844. The molecule has 0 aromatic heterocycles. The number of carbonyl (C=O) groups excluding carboxylic acids is 1. The molecule has 5 heteroatoms. The molecule has 0 spiro atoms. The van der Waals surface area contributed by atoms with Gasteiger partial charge in [-0.15, -0.1) is 0 Å². The molecule has 1 aliphatic heterocycles. The van der Waals surface area contributed by atoms with Crippen LogP contribution in [0.15, 0.2) is 24.3 Å². The van der Waals surface area contributed by atoms with Crippen LogP contribution in [0.4, 0.5) is 0 Å². The van der Waals surface area contributed by atoms with Crippen LogP contribution < -0.4 is 5.32 Å². The Bertz CT molecular complexity index is 524. The van der Waals surface area contributed by atoms with Crippen LogP contribution in [0.3, 0.4) is 0 Å². The maximum absolute atomic E-state index is 12.2. The summed E-state index contributed by atoms with van der Waals surface area (Å²) in [5.74, 6) is -0.256. The molecule has 1 saturated heterocycles. The predicted octanol–water partition coefficient (Wildman–Crippen LogP) is 2.10. The summed E-state index contributed by atoms with van der Waals surface area (Å²) < 4.78 is 5.56. The highest BCUT2D eigenvalue weighted by molar-refractivity contribution is 5.87. The van der Waals surface area contributed by atoms with Crippen molar-refractivity contribution in [2.24, 2.45) is 11.8 Å². The summed E-state index contributed by atoms with van der Waals surface area (Å²) in [6, 6.07) is 6.71. The molecule has 1 fully saturated rings. The second-order valence-corrected chi connectivity index (χ2v) is 6.03. The van der Waals surface area contributed by atoms with Crippen molar-refractivity contribution < 1.29 is 19.4 Å². The molecule has 2 rings (SSSR count). The summed E-state index contributed by atoms with van der Waals surface area (Å²) in [5.41, 5.74) is 1.27. The van der Waals surface area contributed by atoms with Gasteiger partial charge in [-0.3, -0.25) is 4.79 Å². The van der Waals surface area contributed by atoms with Gasteiger partial charge in [0.15, 0.2) is 0 Å². The Morgan fingerprint density at radius 3 is 2.59 bits per heavy atom. The number of ether oxygens (including phenoxy) is 1. The molecule has 1 aliphatic rings. The molecular formula is C17H23NO4. The van der Waals surface area contributed by atoms with Gasteiger partial charge in [-0.2, -0.15) is 0 Å². The van der Waals surface area contributed by atoms with E-state index < -0.39 is 5.97 Å². The highest BCUT2D eigenvalue weighted by Gasteiger charge is 2.35. The second-order valence-electron chi connectivity index (χ2n) is 6.03. The molecule has 1 amide bonds. The van der Waals surface area contributed by atoms with E-state index >= 15 is 0 Å². The van der Waals surface area contributed by atoms with Crippen molar-refractivity contribution in [1.29, 1.82) is 0 Å². The number of benzene rings is 1. The van der Waals surface area contributed by atoms with Crippen LogP contribution in [0.25, 0.3) is 0 Å². The fourth-order valence-electron chi connectivity index (χ4n) is 2.80. The van der Waals surface area contributed by atoms with Gasteiger partial charge in [-0.1, -0.05) is 26.0 Å². The number of hydrogen-bond donors (Lipinski definition) is 2. The van der Waals surface area contributed by atoms with Crippen molar-refractivity contribution >= 4 is 11.9 Å². The van der Waals surface area contributed by atoms with Gasteiger partial charge in [0.2, 0.25) is 5.91 Å². The third-order valence-electron chi connectivity index (χ3n) is 4.17. The van der Waals surface area contributed by atoms with Gasteiger partial charge in [0.05, 0.1) is 5.56 Å². The first-order valence-corrected chi connectivity index (χ1v) is 7.70. The Labute approximate surface area is 130 Å². The van der Waals surface area contributed by atoms with Gasteiger partial charge in [-0.25, -0.2) is 4.79 Å². The monoisotopic (exact) mass is 305 g/mol. The Balaban J connectivity index is 1.80. The third-order valence-corrected chi connectivity index (χ3v) is 4.17. The number of aromatic carboxylic acids is 1. The van der Waals surface area contributed by atoms with Crippen molar-refractivity contribution in [2.75, 3.05) is 13.2 Å². The summed E-state index contributed by atoms with van der Waals surface area (Å²) in [4.78, 5) is 23.0. The van der Waals surface area contributed by atoms with E-state index in [4.69, 9.17) is 9.84 Å². The number of amides is 1. The van der Waals surface area contributed by atoms with Gasteiger partial charge >= 0.3 is 5.97 Å². The zero-order chi connectivity index (χ0) is 16.1. The number of rotatable bonds is 6. The van der Waals surface area contributed by atoms with Gasteiger partial charge < -0.3 is 15.2 Å². The first-order valence-electron chi connectivity index (χ1n) is 7.70. The van der Waals surface area contributed by atoms with Gasteiger partial charge in [0, 0.05) is 13.2 Å². The molecule has 0 unspecified atom stereocenters. The molecule has 1 heterocycles. The predicted molar refractivity (Wildman–Crippen MR) is 82.8 cm³/mol. The number of carbonyl (C=O) groups is 2. The molecule has 0 saturated carbocycles. The van der Waals surface area contributed by atoms with E-state index in [0.29, 0.717) is 25.5 Å². The van der Waals surface area contributed by atoms with Crippen LogP contribution >= 0.6 is 0 Å². The molecule has 1 aromatic rings. The molecule has 1 aromatic carbocycles. The van der Waals surface area contributed by atoms with E-state index in [0.717, 1.165) is 12.0 Å². The van der Waals surface area contributed by atoms with Crippen molar-refractivity contribution in [1.82, 2.24) is 5.32 Å². The summed E-state index contributed by atoms with van der Waals surface area (Å²) in [6.45, 7) is 5.40. The van der Waals surface area contributed by atoms with E-state index in [-0.39, 0.29) is 23.5 Å². The van der Waals surface area contributed by atoms with Crippen LogP contribution in [-0.2, 0) is 16.0 Å². The minimum atomic E-state index is -0.932. The van der Waals surface area contributed by atoms with E-state index in [1.807, 2.05) is 0 Å². The number of carboxylic acids is 1. The molecule has 120 valence electrons. The SMILES string of the molecule is CC(C)[C@@H]1CCO[C@@H]1C(=O)NCCc1ccc(C(=O)O)cc1. The minimum absolute atomic E-state index is 0.0432. The molecule has 0 bridgehead atoms. The fourth-order valence-corrected chi connectivity index (χ4v) is 2.80. The maximum atomic E-state index is 12.2. The number of nitrogens with one attached hydrogen (secondary N) is 1. The highest BCUT2D eigenvalue weighted by atomic mass is 16.5. The topological polar surface area (TPSA) is 75.6 Å². The second kappa shape index (κ2) is 7.40. The van der Waals surface area contributed by atoms with Gasteiger partial charge in [0.25, 0.3) is 0 Å². The summed E-state index contributed by atoms with van der Waals surface area (Å²) >= 11 is 0. The Hall–Kier alpha value is -1.88. The Morgan fingerprint density at radius 2 is 2.00 bits per heavy atom. The van der Waals surface area contributed by atoms with Crippen molar-refractivity contribution in [3.8, 4) is 0 Å². The van der Waals surface area contributed by atoms with Gasteiger partial charge in [0.1, 0.15) is 6.10 Å². The smallest absolute Gasteiger partial charge is 0.335 e. The normalized spacial score (nSPS) is 21.0. The third kappa shape index (κ3) is 4.07. The molecule has 22 heavy (non-hydrogen) atoms. The van der Waals surface area contributed by atoms with E-state index in [9.17, 15) is 9.59 Å². The first kappa shape index (κ1) is 16.5. The van der Waals surface area contributed by atoms with Crippen LogP contribution in [0, 0.1) is 11.8 Å². The van der Waals surface area contributed by atoms with Crippen LogP contribution in [0.5, 0.6) is 0 Å². The van der Waals surface area contributed by atoms with Crippen LogP contribution in [-0.4, -0.2) is 36.2 Å². The van der Waals surface area contributed by atoms with Crippen LogP contribution in [0.2, 0.25) is 0 Å². The zero-order valence-electron chi connectivity index (χ0n) is 13.0. The number of hydrogen-bond acceptors (Lipinski definition) is 3. The molecule has 5 nitrogen and oxygen atoms in total. The Kier molecular flexibility index (Phi) is 5.55. The number of carboxylic acid groups (broad SMARTS) is 1. The lowest BCUT2D eigenvalue weighted by atomic mass is 9.89. The largest absolute Gasteiger partial charge is 0.478 e. The van der Waals surface area contributed by atoms with Crippen molar-refractivity contribution in [2.45, 2.75) is 32.8 Å². The summed E-state index contributed by atoms with van der Waals surface area (Å²) in [7, 11) is 0. The van der Waals surface area contributed by atoms with E-state index in [2.05, 4.69) is 19.2 Å². The maximum Gasteiger partial charge on any atom is 0.335 e. The summed E-state index contributed by atoms with van der Waals surface area (Å²) in [6.07, 6.45) is 1.27. The molecule has 2 atom stereocenters. The minimum Gasteiger partial charge on any atom is -0.478 e. The summed E-state index contributed by atoms with van der Waals surface area (Å²) in [5, 5.41) is 11.8. The lowest BCUT2D eigenvalue weighted by molar-refractivity contribution is -0.132. The molecule has 0 radical (unpaired) electrons. The van der Waals surface area contributed by atoms with E-state index in [1.54, 1.807) is 24.3 Å². The van der Waals surface area contributed by atoms with E-state index in [1.165, 1.54) is 0 Å². The fraction of sp³-hybridized carbons (Fsp3) is 0.529. The highest BCUT2D eigenvalue weighted by Crippen LogP contribution is 2.27. The van der Waals surface area contributed by atoms with Crippen molar-refractivity contribution in [3.63, 3.8) is 0 Å². The van der Waals surface area contributed by atoms with Crippen molar-refractivity contribution in [3.05, 3.63) is 35.4 Å². The first-order chi connectivity index (χ1) is 10.5. The zero-order valence-corrected chi connectivity index (χ0v) is 13.0. The molecule has 0 aliphatic carbocycles. The lowest BCUT2D eigenvalue weighted by Gasteiger charge is -2.21. The van der Waals surface area contributed by atoms with Crippen LogP contribution in [0.1, 0.15) is 36.2 Å². The average molecular weight is 305 g/mol. The average Bonchev–Trinajstić information content (AvgIpc) is 2.97.